The Kier molecular flexibility index (Phi) is 4.84. The molecule has 0 fully saturated rings. The molecule has 1 heterocycles. The average Bonchev–Trinajstić information content (AvgIpc) is 3.11. The Labute approximate surface area is 181 Å². The van der Waals surface area contributed by atoms with Gasteiger partial charge in [0.05, 0.1) is 12.2 Å². The van der Waals surface area contributed by atoms with Gasteiger partial charge in [-0.2, -0.15) is 0 Å². The van der Waals surface area contributed by atoms with Gasteiger partial charge in [-0.3, -0.25) is 0 Å². The highest BCUT2D eigenvalue weighted by molar-refractivity contribution is 7.88. The number of carbonyl (C=O) groups excluding carboxylic acids is 1. The molecule has 1 aliphatic heterocycles. The van der Waals surface area contributed by atoms with Gasteiger partial charge < -0.3 is 9.30 Å². The van der Waals surface area contributed by atoms with Crippen LogP contribution in [0.1, 0.15) is 28.4 Å². The number of rotatable bonds is 4. The van der Waals surface area contributed by atoms with Crippen molar-refractivity contribution in [1.82, 2.24) is 0 Å². The molecule has 31 heavy (non-hydrogen) atoms. The van der Waals surface area contributed by atoms with Crippen molar-refractivity contribution in [2.24, 2.45) is 0 Å². The third-order valence-electron chi connectivity index (χ3n) is 5.68. The predicted molar refractivity (Wildman–Crippen MR) is 128 cm³/mol. The van der Waals surface area contributed by atoms with Crippen LogP contribution in [-0.2, 0) is 9.30 Å². The summed E-state index contributed by atoms with van der Waals surface area (Å²) in [5.41, 5.74) is 2.32. The van der Waals surface area contributed by atoms with Gasteiger partial charge in [0.1, 0.15) is 0 Å². The summed E-state index contributed by atoms with van der Waals surface area (Å²) in [6.45, 7) is 2.12. The van der Waals surface area contributed by atoms with Gasteiger partial charge >= 0.3 is 5.97 Å². The lowest BCUT2D eigenvalue weighted by atomic mass is 10.1. The van der Waals surface area contributed by atoms with E-state index in [0.717, 1.165) is 37.8 Å². The second-order valence-corrected chi connectivity index (χ2v) is 10.2. The van der Waals surface area contributed by atoms with Crippen LogP contribution in [0.15, 0.2) is 91.0 Å². The van der Waals surface area contributed by atoms with E-state index in [-0.39, 0.29) is 5.97 Å². The first-order chi connectivity index (χ1) is 15.1. The van der Waals surface area contributed by atoms with Gasteiger partial charge in [-0.1, -0.05) is 66.7 Å². The van der Waals surface area contributed by atoms with Gasteiger partial charge in [0.15, 0.2) is 7.14 Å². The molecule has 0 spiro atoms. The summed E-state index contributed by atoms with van der Waals surface area (Å²) in [4.78, 5) is 12.0. The van der Waals surface area contributed by atoms with E-state index in [9.17, 15) is 9.36 Å². The number of hydrogen-bond donors (Lipinski definition) is 0. The van der Waals surface area contributed by atoms with Crippen molar-refractivity contribution in [2.45, 2.75) is 6.92 Å². The zero-order chi connectivity index (χ0) is 21.4. The fourth-order valence-electron chi connectivity index (χ4n) is 4.17. The zero-order valence-corrected chi connectivity index (χ0v) is 18.0. The Balaban J connectivity index is 1.69. The molecule has 0 saturated heterocycles. The topological polar surface area (TPSA) is 43.4 Å². The molecule has 1 atom stereocenters. The van der Waals surface area contributed by atoms with Gasteiger partial charge in [-0.25, -0.2) is 4.79 Å². The SMILES string of the molecule is CCOC(=O)c1ccc(C2=Cc3cc4ccccc4cc3P2(=O)c2ccccc2)cc1. The van der Waals surface area contributed by atoms with Crippen LogP contribution in [0.5, 0.6) is 0 Å². The second kappa shape index (κ2) is 7.68. The summed E-state index contributed by atoms with van der Waals surface area (Å²) < 4.78 is 19.9. The zero-order valence-electron chi connectivity index (χ0n) is 17.1. The van der Waals surface area contributed by atoms with Crippen LogP contribution in [0, 0.1) is 0 Å². The van der Waals surface area contributed by atoms with Crippen molar-refractivity contribution in [1.29, 1.82) is 0 Å². The first-order valence-electron chi connectivity index (χ1n) is 10.3. The van der Waals surface area contributed by atoms with Crippen molar-refractivity contribution in [2.75, 3.05) is 6.61 Å². The first kappa shape index (κ1) is 19.5. The summed E-state index contributed by atoms with van der Waals surface area (Å²) in [5, 5.41) is 4.66. The Morgan fingerprint density at radius 3 is 2.16 bits per heavy atom. The van der Waals surface area contributed by atoms with Crippen LogP contribution in [0.4, 0.5) is 0 Å². The smallest absolute Gasteiger partial charge is 0.338 e. The molecule has 1 aliphatic rings. The molecule has 4 aromatic carbocycles. The fraction of sp³-hybridized carbons (Fsp3) is 0.0741. The van der Waals surface area contributed by atoms with Crippen molar-refractivity contribution in [3.63, 3.8) is 0 Å². The molecule has 5 rings (SSSR count). The summed E-state index contributed by atoms with van der Waals surface area (Å²) >= 11 is 0. The van der Waals surface area contributed by atoms with Crippen LogP contribution in [-0.4, -0.2) is 12.6 Å². The third kappa shape index (κ3) is 3.22. The van der Waals surface area contributed by atoms with E-state index in [2.05, 4.69) is 24.3 Å². The normalized spacial score (nSPS) is 17.3. The van der Waals surface area contributed by atoms with E-state index < -0.39 is 7.14 Å². The lowest BCUT2D eigenvalue weighted by Gasteiger charge is -2.19. The maximum atomic E-state index is 14.8. The first-order valence-corrected chi connectivity index (χ1v) is 12.0. The van der Waals surface area contributed by atoms with Gasteiger partial charge in [-0.05, 0) is 59.2 Å². The minimum atomic E-state index is -3.06. The van der Waals surface area contributed by atoms with E-state index in [1.807, 2.05) is 60.7 Å². The highest BCUT2D eigenvalue weighted by Crippen LogP contribution is 2.61. The van der Waals surface area contributed by atoms with Crippen molar-refractivity contribution < 1.29 is 14.1 Å². The summed E-state index contributed by atoms with van der Waals surface area (Å²) in [6.07, 6.45) is 2.04. The fourth-order valence-corrected chi connectivity index (χ4v) is 7.23. The molecule has 3 nitrogen and oxygen atoms in total. The molecular formula is C27H21O3P. The van der Waals surface area contributed by atoms with E-state index in [0.29, 0.717) is 12.2 Å². The largest absolute Gasteiger partial charge is 0.462 e. The van der Waals surface area contributed by atoms with Gasteiger partial charge in [-0.15, -0.1) is 0 Å². The van der Waals surface area contributed by atoms with Crippen LogP contribution < -0.4 is 10.6 Å². The molecule has 4 heteroatoms. The van der Waals surface area contributed by atoms with Crippen molar-refractivity contribution in [3.05, 3.63) is 108 Å². The molecule has 0 amide bonds. The predicted octanol–water partition coefficient (Wildman–Crippen LogP) is 5.84. The molecule has 0 aromatic heterocycles. The molecule has 0 aliphatic carbocycles. The van der Waals surface area contributed by atoms with Crippen molar-refractivity contribution in [3.8, 4) is 0 Å². The van der Waals surface area contributed by atoms with Gasteiger partial charge in [0, 0.05) is 15.9 Å². The molecular weight excluding hydrogens is 403 g/mol. The Hall–Kier alpha value is -3.42. The molecule has 0 radical (unpaired) electrons. The molecule has 0 bridgehead atoms. The minimum absolute atomic E-state index is 0.331. The average molecular weight is 424 g/mol. The van der Waals surface area contributed by atoms with Gasteiger partial charge in [0.25, 0.3) is 0 Å². The molecule has 152 valence electrons. The van der Waals surface area contributed by atoms with Crippen LogP contribution in [0.3, 0.4) is 0 Å². The number of esters is 1. The van der Waals surface area contributed by atoms with Crippen LogP contribution >= 0.6 is 7.14 Å². The molecule has 0 saturated carbocycles. The molecule has 4 aromatic rings. The maximum absolute atomic E-state index is 14.8. The highest BCUT2D eigenvalue weighted by atomic mass is 31.2. The Morgan fingerprint density at radius 2 is 1.48 bits per heavy atom. The minimum Gasteiger partial charge on any atom is -0.462 e. The molecule has 0 N–H and O–H groups in total. The monoisotopic (exact) mass is 424 g/mol. The van der Waals surface area contributed by atoms with Gasteiger partial charge in [0.2, 0.25) is 0 Å². The Morgan fingerprint density at radius 1 is 0.839 bits per heavy atom. The summed E-state index contributed by atoms with van der Waals surface area (Å²) in [5.74, 6) is -0.352. The lowest BCUT2D eigenvalue weighted by molar-refractivity contribution is 0.0526. The number of hydrogen-bond acceptors (Lipinski definition) is 3. The van der Waals surface area contributed by atoms with Crippen LogP contribution in [0.25, 0.3) is 22.2 Å². The lowest BCUT2D eigenvalue weighted by Crippen LogP contribution is -2.15. The van der Waals surface area contributed by atoms with E-state index >= 15 is 0 Å². The number of ether oxygens (including phenoxy) is 1. The molecule has 1 unspecified atom stereocenters. The van der Waals surface area contributed by atoms with E-state index in [1.165, 1.54) is 0 Å². The highest BCUT2D eigenvalue weighted by Gasteiger charge is 2.39. The van der Waals surface area contributed by atoms with E-state index in [1.54, 1.807) is 19.1 Å². The number of carbonyl (C=O) groups is 1. The summed E-state index contributed by atoms with van der Waals surface area (Å²) in [7, 11) is -3.06. The quantitative estimate of drug-likeness (QED) is 0.305. The second-order valence-electron chi connectivity index (χ2n) is 7.53. The van der Waals surface area contributed by atoms with Crippen molar-refractivity contribution >= 4 is 45.9 Å². The standard InChI is InChI=1S/C27H21O3P/c1-2-30-27(28)20-14-12-19(13-15-20)25-18-23-16-21-8-6-7-9-22(21)17-26(23)31(25,29)24-10-4-3-5-11-24/h3-18H,2H2,1H3. The van der Waals surface area contributed by atoms with E-state index in [4.69, 9.17) is 4.74 Å². The maximum Gasteiger partial charge on any atom is 0.338 e. The number of fused-ring (bicyclic) bond motifs is 2. The Bertz CT molecular complexity index is 1370. The third-order valence-corrected chi connectivity index (χ3v) is 8.83. The number of benzene rings is 4. The summed E-state index contributed by atoms with van der Waals surface area (Å²) in [6, 6.07) is 29.2. The van der Waals surface area contributed by atoms with Crippen LogP contribution in [0.2, 0.25) is 0 Å².